The lowest BCUT2D eigenvalue weighted by Gasteiger charge is -2.10. The highest BCUT2D eigenvalue weighted by Gasteiger charge is 2.34. The summed E-state index contributed by atoms with van der Waals surface area (Å²) in [5, 5.41) is 8.95. The molecule has 3 N–H and O–H groups in total. The van der Waals surface area contributed by atoms with Crippen LogP contribution < -0.4 is 5.73 Å². The number of aliphatic carboxylic acids is 1. The van der Waals surface area contributed by atoms with Gasteiger partial charge in [0.25, 0.3) is 0 Å². The van der Waals surface area contributed by atoms with E-state index in [2.05, 4.69) is 0 Å². The van der Waals surface area contributed by atoms with Gasteiger partial charge in [-0.15, -0.1) is 0 Å². The summed E-state index contributed by atoms with van der Waals surface area (Å²) < 4.78 is 0. The third-order valence-corrected chi connectivity index (χ3v) is 2.85. The molecule has 0 spiro atoms. The zero-order valence-electron chi connectivity index (χ0n) is 8.03. The maximum absolute atomic E-state index is 10.9. The Morgan fingerprint density at radius 2 is 2.29 bits per heavy atom. The van der Waals surface area contributed by atoms with Crippen LogP contribution in [0.2, 0.25) is 0 Å². The second-order valence-electron chi connectivity index (χ2n) is 3.88. The van der Waals surface area contributed by atoms with Crippen LogP contribution in [0.15, 0.2) is 18.2 Å². The highest BCUT2D eigenvalue weighted by molar-refractivity contribution is 5.73. The molecule has 2 rings (SSSR count). The predicted molar refractivity (Wildman–Crippen MR) is 52.9 cm³/mol. The fourth-order valence-electron chi connectivity index (χ4n) is 2.03. The Bertz CT molecular complexity index is 387. The first-order valence-electron chi connectivity index (χ1n) is 4.67. The molecule has 1 aliphatic rings. The first kappa shape index (κ1) is 9.21. The van der Waals surface area contributed by atoms with Crippen LogP contribution in [0.3, 0.4) is 0 Å². The molecule has 0 aliphatic heterocycles. The van der Waals surface area contributed by atoms with Crippen molar-refractivity contribution in [2.75, 3.05) is 0 Å². The molecule has 14 heavy (non-hydrogen) atoms. The van der Waals surface area contributed by atoms with Gasteiger partial charge in [0, 0.05) is 6.04 Å². The third kappa shape index (κ3) is 1.30. The topological polar surface area (TPSA) is 63.3 Å². The van der Waals surface area contributed by atoms with Crippen molar-refractivity contribution >= 4 is 5.97 Å². The monoisotopic (exact) mass is 191 g/mol. The number of benzene rings is 1. The van der Waals surface area contributed by atoms with Gasteiger partial charge < -0.3 is 10.8 Å². The summed E-state index contributed by atoms with van der Waals surface area (Å²) in [5.74, 6) is -1.25. The number of carboxylic acids is 1. The van der Waals surface area contributed by atoms with E-state index in [1.54, 1.807) is 0 Å². The van der Waals surface area contributed by atoms with E-state index in [9.17, 15) is 4.79 Å². The van der Waals surface area contributed by atoms with Crippen LogP contribution in [0.1, 0.15) is 22.7 Å². The van der Waals surface area contributed by atoms with Crippen molar-refractivity contribution in [3.05, 3.63) is 34.9 Å². The normalized spacial score (nSPS) is 24.7. The van der Waals surface area contributed by atoms with E-state index in [0.29, 0.717) is 6.42 Å². The average molecular weight is 191 g/mol. The van der Waals surface area contributed by atoms with E-state index >= 15 is 0 Å². The van der Waals surface area contributed by atoms with Crippen molar-refractivity contribution < 1.29 is 9.90 Å². The number of hydrogen-bond acceptors (Lipinski definition) is 2. The Balaban J connectivity index is 2.41. The predicted octanol–water partition coefficient (Wildman–Crippen LogP) is 1.25. The van der Waals surface area contributed by atoms with Crippen LogP contribution in [0, 0.1) is 12.8 Å². The summed E-state index contributed by atoms with van der Waals surface area (Å²) in [6, 6.07) is 5.62. The molecular formula is C11H13NO2. The molecule has 1 aliphatic carbocycles. The van der Waals surface area contributed by atoms with Crippen LogP contribution >= 0.6 is 0 Å². The number of carbonyl (C=O) groups is 1. The SMILES string of the molecule is Cc1ccc2c(c1)C(N)C(C(=O)O)C2. The smallest absolute Gasteiger partial charge is 0.308 e. The quantitative estimate of drug-likeness (QED) is 0.702. The van der Waals surface area contributed by atoms with E-state index < -0.39 is 11.9 Å². The first-order chi connectivity index (χ1) is 6.59. The molecule has 1 aromatic rings. The molecule has 0 radical (unpaired) electrons. The second-order valence-corrected chi connectivity index (χ2v) is 3.88. The molecule has 0 aromatic heterocycles. The minimum absolute atomic E-state index is 0.345. The molecule has 3 heteroatoms. The van der Waals surface area contributed by atoms with Gasteiger partial charge in [-0.1, -0.05) is 23.8 Å². The molecule has 74 valence electrons. The summed E-state index contributed by atoms with van der Waals surface area (Å²) in [7, 11) is 0. The molecule has 0 fully saturated rings. The highest BCUT2D eigenvalue weighted by atomic mass is 16.4. The number of rotatable bonds is 1. The summed E-state index contributed by atoms with van der Waals surface area (Å²) in [4.78, 5) is 10.9. The fourth-order valence-corrected chi connectivity index (χ4v) is 2.03. The molecule has 2 atom stereocenters. The van der Waals surface area contributed by atoms with Gasteiger partial charge in [-0.25, -0.2) is 0 Å². The molecule has 1 aromatic carbocycles. The van der Waals surface area contributed by atoms with E-state index in [0.717, 1.165) is 16.7 Å². The van der Waals surface area contributed by atoms with Gasteiger partial charge in [0.15, 0.2) is 0 Å². The minimum Gasteiger partial charge on any atom is -0.481 e. The molecule has 0 amide bonds. The van der Waals surface area contributed by atoms with Gasteiger partial charge in [-0.2, -0.15) is 0 Å². The van der Waals surface area contributed by atoms with Crippen molar-refractivity contribution in [2.45, 2.75) is 19.4 Å². The van der Waals surface area contributed by atoms with E-state index in [1.807, 2.05) is 25.1 Å². The molecule has 2 unspecified atom stereocenters. The van der Waals surface area contributed by atoms with Crippen LogP contribution in [0.4, 0.5) is 0 Å². The van der Waals surface area contributed by atoms with Crippen LogP contribution in [-0.4, -0.2) is 11.1 Å². The summed E-state index contributed by atoms with van der Waals surface area (Å²) in [6.07, 6.45) is 0.562. The Morgan fingerprint density at radius 1 is 1.57 bits per heavy atom. The minimum atomic E-state index is -0.800. The van der Waals surface area contributed by atoms with E-state index in [-0.39, 0.29) is 6.04 Å². The maximum Gasteiger partial charge on any atom is 0.308 e. The molecule has 3 nitrogen and oxygen atoms in total. The number of nitrogens with two attached hydrogens (primary N) is 1. The van der Waals surface area contributed by atoms with Gasteiger partial charge in [0.1, 0.15) is 0 Å². The van der Waals surface area contributed by atoms with E-state index in [4.69, 9.17) is 10.8 Å². The molecule has 0 bridgehead atoms. The van der Waals surface area contributed by atoms with E-state index in [1.165, 1.54) is 0 Å². The number of fused-ring (bicyclic) bond motifs is 1. The summed E-state index contributed by atoms with van der Waals surface area (Å²) in [5.41, 5.74) is 9.09. The molecule has 0 saturated heterocycles. The van der Waals surface area contributed by atoms with Gasteiger partial charge in [-0.3, -0.25) is 4.79 Å². The lowest BCUT2D eigenvalue weighted by atomic mass is 10.0. The maximum atomic E-state index is 10.9. The van der Waals surface area contributed by atoms with Crippen molar-refractivity contribution in [2.24, 2.45) is 11.7 Å². The lowest BCUT2D eigenvalue weighted by molar-refractivity contribution is -0.142. The number of aryl methyl sites for hydroxylation is 1. The summed E-state index contributed by atoms with van der Waals surface area (Å²) in [6.45, 7) is 1.99. The molecule has 0 heterocycles. The Hall–Kier alpha value is -1.35. The van der Waals surface area contributed by atoms with Gasteiger partial charge in [0.05, 0.1) is 5.92 Å². The highest BCUT2D eigenvalue weighted by Crippen LogP contribution is 2.34. The molecule has 0 saturated carbocycles. The standard InChI is InChI=1S/C11H13NO2/c1-6-2-3-7-5-9(11(13)14)10(12)8(7)4-6/h2-4,9-10H,5,12H2,1H3,(H,13,14). The third-order valence-electron chi connectivity index (χ3n) is 2.85. The Morgan fingerprint density at radius 3 is 2.93 bits per heavy atom. The number of carboxylic acid groups (broad SMARTS) is 1. The fraction of sp³-hybridized carbons (Fsp3) is 0.364. The van der Waals surface area contributed by atoms with Crippen LogP contribution in [-0.2, 0) is 11.2 Å². The van der Waals surface area contributed by atoms with Crippen molar-refractivity contribution in [3.63, 3.8) is 0 Å². The number of hydrogen-bond donors (Lipinski definition) is 2. The average Bonchev–Trinajstić information content (AvgIpc) is 2.44. The second kappa shape index (κ2) is 3.10. The van der Waals surface area contributed by atoms with Gasteiger partial charge >= 0.3 is 5.97 Å². The zero-order chi connectivity index (χ0) is 10.3. The Labute approximate surface area is 82.5 Å². The van der Waals surface area contributed by atoms with Crippen LogP contribution in [0.25, 0.3) is 0 Å². The van der Waals surface area contributed by atoms with Gasteiger partial charge in [0.2, 0.25) is 0 Å². The lowest BCUT2D eigenvalue weighted by Crippen LogP contribution is -2.24. The van der Waals surface area contributed by atoms with Crippen LogP contribution in [0.5, 0.6) is 0 Å². The Kier molecular flexibility index (Phi) is 2.04. The van der Waals surface area contributed by atoms with Crippen molar-refractivity contribution in [1.29, 1.82) is 0 Å². The largest absolute Gasteiger partial charge is 0.481 e. The first-order valence-corrected chi connectivity index (χ1v) is 4.67. The zero-order valence-corrected chi connectivity index (χ0v) is 8.03. The van der Waals surface area contributed by atoms with Crippen molar-refractivity contribution in [1.82, 2.24) is 0 Å². The molecular weight excluding hydrogens is 178 g/mol. The summed E-state index contributed by atoms with van der Waals surface area (Å²) >= 11 is 0. The van der Waals surface area contributed by atoms with Crippen molar-refractivity contribution in [3.8, 4) is 0 Å². The van der Waals surface area contributed by atoms with Gasteiger partial charge in [-0.05, 0) is 24.5 Å².